The van der Waals surface area contributed by atoms with Crippen LogP contribution in [0.4, 0.5) is 0 Å². The van der Waals surface area contributed by atoms with Gasteiger partial charge < -0.3 is 9.66 Å². The van der Waals surface area contributed by atoms with Crippen molar-refractivity contribution in [2.75, 3.05) is 5.75 Å². The average Bonchev–Trinajstić information content (AvgIpc) is 2.56. The van der Waals surface area contributed by atoms with Crippen LogP contribution in [0.2, 0.25) is 5.02 Å². The topological polar surface area (TPSA) is 60.4 Å². The second-order valence-corrected chi connectivity index (χ2v) is 9.58. The van der Waals surface area contributed by atoms with Crippen molar-refractivity contribution in [3.63, 3.8) is 0 Å². The summed E-state index contributed by atoms with van der Waals surface area (Å²) in [5, 5.41) is 9.46. The molecule has 1 rings (SSSR count). The van der Waals surface area contributed by atoms with Gasteiger partial charge in [-0.25, -0.2) is 4.79 Å². The lowest BCUT2D eigenvalue weighted by Crippen LogP contribution is -2.25. The number of benzene rings is 1. The largest absolute Gasteiger partial charge is 0.611 e. The fourth-order valence-corrected chi connectivity index (χ4v) is 3.99. The first-order valence-corrected chi connectivity index (χ1v) is 11.0. The molecule has 0 fully saturated rings. The number of hydrogen-bond donors (Lipinski definition) is 1. The van der Waals surface area contributed by atoms with Crippen LogP contribution in [0.1, 0.15) is 57.8 Å². The molecule has 1 atom stereocenters. The Balaban J connectivity index is 1.97. The van der Waals surface area contributed by atoms with Crippen LogP contribution in [-0.4, -0.2) is 25.7 Å². The number of carbonyl (C=O) groups is 1. The lowest BCUT2D eigenvalue weighted by molar-refractivity contribution is -0.138. The van der Waals surface area contributed by atoms with E-state index in [0.717, 1.165) is 56.3 Å². The van der Waals surface area contributed by atoms with E-state index in [9.17, 15) is 9.35 Å². The minimum absolute atomic E-state index is 0.280. The Morgan fingerprint density at radius 3 is 1.96 bits per heavy atom. The normalized spacial score (nSPS) is 13.0. The molecule has 0 saturated carbocycles. The third-order valence-electron chi connectivity index (χ3n) is 3.96. The van der Waals surface area contributed by atoms with Gasteiger partial charge in [0.25, 0.3) is 0 Å². The first kappa shape index (κ1) is 22.9. The molecular weight excluding hydrogens is 403 g/mol. The van der Waals surface area contributed by atoms with Crippen molar-refractivity contribution in [3.05, 3.63) is 29.3 Å². The Morgan fingerprint density at radius 1 is 0.960 bits per heavy atom. The van der Waals surface area contributed by atoms with E-state index < -0.39 is 21.5 Å². The van der Waals surface area contributed by atoms with Crippen molar-refractivity contribution in [2.24, 2.45) is 0 Å². The highest BCUT2D eigenvalue weighted by atomic mass is 35.5. The van der Waals surface area contributed by atoms with E-state index in [1.54, 1.807) is 12.1 Å². The highest BCUT2D eigenvalue weighted by molar-refractivity contribution is 7.91. The highest BCUT2D eigenvalue weighted by Gasteiger charge is 2.32. The van der Waals surface area contributed by atoms with Gasteiger partial charge in [0.1, 0.15) is 5.75 Å². The number of unbranched alkanes of at least 4 members (excludes halogenated alkanes) is 7. The summed E-state index contributed by atoms with van der Waals surface area (Å²) in [5.41, 5.74) is 0. The van der Waals surface area contributed by atoms with E-state index >= 15 is 0 Å². The van der Waals surface area contributed by atoms with Crippen LogP contribution in [0.3, 0.4) is 0 Å². The van der Waals surface area contributed by atoms with Crippen molar-refractivity contribution in [1.82, 2.24) is 0 Å². The predicted octanol–water partition coefficient (Wildman–Crippen LogP) is 6.22. The minimum atomic E-state index is -1.65. The summed E-state index contributed by atoms with van der Waals surface area (Å²) in [5.74, 6) is -0.489. The van der Waals surface area contributed by atoms with Crippen molar-refractivity contribution in [1.29, 1.82) is 0 Å². The number of alkyl halides is 2. The molecule has 0 aliphatic carbocycles. The fraction of sp³-hybridized carbons (Fsp3) is 0.611. The molecule has 0 radical (unpaired) electrons. The van der Waals surface area contributed by atoms with Gasteiger partial charge in [-0.2, -0.15) is 0 Å². The molecule has 3 nitrogen and oxygen atoms in total. The van der Waals surface area contributed by atoms with Gasteiger partial charge in [0.15, 0.2) is 4.90 Å². The highest BCUT2D eigenvalue weighted by Crippen LogP contribution is 2.28. The van der Waals surface area contributed by atoms with Crippen LogP contribution in [0, 0.1) is 0 Å². The SMILES string of the molecule is O=C(O)C(Cl)(Cl)CCCCCCCCCC[S+]([O-])c1ccc(Cl)cc1. The Morgan fingerprint density at radius 2 is 1.44 bits per heavy atom. The molecule has 142 valence electrons. The van der Waals surface area contributed by atoms with Crippen molar-refractivity contribution >= 4 is 51.9 Å². The van der Waals surface area contributed by atoms with Gasteiger partial charge >= 0.3 is 5.97 Å². The molecule has 0 spiro atoms. The van der Waals surface area contributed by atoms with E-state index in [2.05, 4.69) is 0 Å². The number of rotatable bonds is 13. The molecule has 1 aromatic rings. The lowest BCUT2D eigenvalue weighted by Gasteiger charge is -2.13. The van der Waals surface area contributed by atoms with Crippen LogP contribution >= 0.6 is 34.8 Å². The molecular formula is C18H25Cl3O3S. The Labute approximate surface area is 168 Å². The summed E-state index contributed by atoms with van der Waals surface area (Å²) < 4.78 is 10.4. The zero-order valence-electron chi connectivity index (χ0n) is 14.2. The standard InChI is InChI=1S/C18H25Cl3O3S/c19-15-9-11-16(12-10-15)25(24)14-8-6-4-2-1-3-5-7-13-18(20,21)17(22)23/h9-12H,1-8,13-14H2,(H,22,23). The Bertz CT molecular complexity index is 509. The fourth-order valence-electron chi connectivity index (χ4n) is 2.45. The van der Waals surface area contributed by atoms with Gasteiger partial charge in [-0.3, -0.25) is 0 Å². The smallest absolute Gasteiger partial charge is 0.340 e. The van der Waals surface area contributed by atoms with Crippen LogP contribution in [0.5, 0.6) is 0 Å². The number of aliphatic carboxylic acids is 1. The number of carboxylic acid groups (broad SMARTS) is 1. The van der Waals surface area contributed by atoms with Gasteiger partial charge in [-0.15, -0.1) is 0 Å². The predicted molar refractivity (Wildman–Crippen MR) is 106 cm³/mol. The maximum absolute atomic E-state index is 12.1. The van der Waals surface area contributed by atoms with Gasteiger partial charge in [0.05, 0.1) is 0 Å². The zero-order chi connectivity index (χ0) is 18.7. The maximum Gasteiger partial charge on any atom is 0.340 e. The van der Waals surface area contributed by atoms with Crippen molar-refractivity contribution in [3.8, 4) is 0 Å². The van der Waals surface area contributed by atoms with Crippen LogP contribution in [-0.2, 0) is 16.0 Å². The summed E-state index contributed by atoms with van der Waals surface area (Å²) in [6.07, 6.45) is 8.41. The number of halogens is 3. The van der Waals surface area contributed by atoms with Crippen LogP contribution < -0.4 is 0 Å². The Hall–Kier alpha value is -0.130. The molecule has 7 heteroatoms. The van der Waals surface area contributed by atoms with Gasteiger partial charge in [0, 0.05) is 5.02 Å². The summed E-state index contributed by atoms with van der Waals surface area (Å²) >= 11 is 16.2. The molecule has 1 aromatic carbocycles. The second kappa shape index (κ2) is 12.3. The Kier molecular flexibility index (Phi) is 11.3. The van der Waals surface area contributed by atoms with Crippen molar-refractivity contribution < 1.29 is 14.5 Å². The third kappa shape index (κ3) is 9.95. The maximum atomic E-state index is 12.1. The third-order valence-corrected chi connectivity index (χ3v) is 6.37. The molecule has 1 unspecified atom stereocenters. The van der Waals surface area contributed by atoms with Crippen LogP contribution in [0.25, 0.3) is 0 Å². The summed E-state index contributed by atoms with van der Waals surface area (Å²) in [4.78, 5) is 11.6. The lowest BCUT2D eigenvalue weighted by atomic mass is 10.1. The molecule has 0 aromatic heterocycles. The van der Waals surface area contributed by atoms with Crippen molar-refractivity contribution in [2.45, 2.75) is 67.0 Å². The number of carboxylic acids is 1. The molecule has 25 heavy (non-hydrogen) atoms. The quantitative estimate of drug-likeness (QED) is 0.231. The van der Waals surface area contributed by atoms with E-state index in [1.807, 2.05) is 12.1 Å². The molecule has 0 saturated heterocycles. The first-order chi connectivity index (χ1) is 11.8. The number of hydrogen-bond acceptors (Lipinski definition) is 2. The van der Waals surface area contributed by atoms with E-state index in [1.165, 1.54) is 0 Å². The molecule has 0 aliphatic rings. The summed E-state index contributed by atoms with van der Waals surface area (Å²) in [7, 11) is 0. The average molecular weight is 428 g/mol. The molecule has 0 bridgehead atoms. The summed E-state index contributed by atoms with van der Waals surface area (Å²) in [6.45, 7) is 0. The van der Waals surface area contributed by atoms with E-state index in [4.69, 9.17) is 39.9 Å². The monoisotopic (exact) mass is 426 g/mol. The first-order valence-electron chi connectivity index (χ1n) is 8.58. The molecule has 1 N–H and O–H groups in total. The van der Waals surface area contributed by atoms with Gasteiger partial charge in [-0.1, -0.05) is 66.9 Å². The second-order valence-electron chi connectivity index (χ2n) is 6.09. The minimum Gasteiger partial charge on any atom is -0.611 e. The summed E-state index contributed by atoms with van der Waals surface area (Å²) in [6, 6.07) is 7.17. The van der Waals surface area contributed by atoms with Gasteiger partial charge in [0.2, 0.25) is 4.33 Å². The molecule has 0 heterocycles. The molecule has 0 amide bonds. The van der Waals surface area contributed by atoms with E-state index in [-0.39, 0.29) is 6.42 Å². The van der Waals surface area contributed by atoms with Crippen LogP contribution in [0.15, 0.2) is 29.2 Å². The zero-order valence-corrected chi connectivity index (χ0v) is 17.3. The van der Waals surface area contributed by atoms with Gasteiger partial charge in [-0.05, 0) is 61.1 Å². The molecule has 0 aliphatic heterocycles. The van der Waals surface area contributed by atoms with E-state index in [0.29, 0.717) is 10.8 Å².